The average molecular weight is 286 g/mol. The summed E-state index contributed by atoms with van der Waals surface area (Å²) < 4.78 is 0. The fourth-order valence-corrected chi connectivity index (χ4v) is 2.59. The van der Waals surface area contributed by atoms with Crippen molar-refractivity contribution in [1.82, 2.24) is 9.88 Å². The number of amides is 1. The Hall–Kier alpha value is -2.09. The molecule has 5 heteroatoms. The molecule has 1 aliphatic rings. The van der Waals surface area contributed by atoms with Crippen LogP contribution in [0.2, 0.25) is 0 Å². The molecule has 1 aromatic rings. The number of anilines is 1. The van der Waals surface area contributed by atoms with Crippen molar-refractivity contribution in [2.75, 3.05) is 32.1 Å². The highest BCUT2D eigenvalue weighted by Crippen LogP contribution is 2.26. The molecular weight excluding hydrogens is 264 g/mol. The molecule has 1 heterocycles. The van der Waals surface area contributed by atoms with Crippen molar-refractivity contribution in [3.63, 3.8) is 0 Å². The number of aryl methyl sites for hydroxylation is 2. The quantitative estimate of drug-likeness (QED) is 0.846. The van der Waals surface area contributed by atoms with E-state index in [9.17, 15) is 10.1 Å². The molecule has 21 heavy (non-hydrogen) atoms. The molecule has 1 amide bonds. The Bertz CT molecular complexity index is 574. The van der Waals surface area contributed by atoms with Gasteiger partial charge < -0.3 is 9.80 Å². The van der Waals surface area contributed by atoms with Gasteiger partial charge in [0.05, 0.1) is 12.1 Å². The SMILES string of the molecule is CCN(CC(=O)N(C)C)c1nc2c(cc1C#N)CCCC2. The monoisotopic (exact) mass is 286 g/mol. The van der Waals surface area contributed by atoms with Crippen molar-refractivity contribution < 1.29 is 4.79 Å². The minimum absolute atomic E-state index is 0.0141. The highest BCUT2D eigenvalue weighted by atomic mass is 16.2. The molecule has 0 aromatic carbocycles. The average Bonchev–Trinajstić information content (AvgIpc) is 2.50. The second kappa shape index (κ2) is 6.57. The number of fused-ring (bicyclic) bond motifs is 1. The molecule has 2 rings (SSSR count). The van der Waals surface area contributed by atoms with Crippen LogP contribution in [-0.4, -0.2) is 43.0 Å². The van der Waals surface area contributed by atoms with Gasteiger partial charge in [-0.3, -0.25) is 4.79 Å². The molecule has 0 saturated heterocycles. The maximum Gasteiger partial charge on any atom is 0.241 e. The third-order valence-corrected chi connectivity index (χ3v) is 3.91. The van der Waals surface area contributed by atoms with Gasteiger partial charge in [-0.25, -0.2) is 4.98 Å². The highest BCUT2D eigenvalue weighted by Gasteiger charge is 2.20. The van der Waals surface area contributed by atoms with E-state index in [4.69, 9.17) is 4.98 Å². The van der Waals surface area contributed by atoms with E-state index in [0.717, 1.165) is 31.4 Å². The van der Waals surface area contributed by atoms with Crippen LogP contribution in [0, 0.1) is 11.3 Å². The van der Waals surface area contributed by atoms with Crippen LogP contribution in [0.3, 0.4) is 0 Å². The van der Waals surface area contributed by atoms with E-state index in [0.29, 0.717) is 17.9 Å². The van der Waals surface area contributed by atoms with Crippen LogP contribution in [0.5, 0.6) is 0 Å². The zero-order valence-corrected chi connectivity index (χ0v) is 13.0. The summed E-state index contributed by atoms with van der Waals surface area (Å²) in [7, 11) is 3.48. The van der Waals surface area contributed by atoms with Crippen LogP contribution in [0.4, 0.5) is 5.82 Å². The lowest BCUT2D eigenvalue weighted by atomic mass is 9.95. The van der Waals surface area contributed by atoms with Gasteiger partial charge >= 0.3 is 0 Å². The van der Waals surface area contributed by atoms with Crippen LogP contribution in [0.25, 0.3) is 0 Å². The third kappa shape index (κ3) is 3.33. The Kier molecular flexibility index (Phi) is 4.79. The Morgan fingerprint density at radius 2 is 2.10 bits per heavy atom. The summed E-state index contributed by atoms with van der Waals surface area (Å²) in [5.74, 6) is 0.663. The molecule has 112 valence electrons. The van der Waals surface area contributed by atoms with E-state index in [-0.39, 0.29) is 12.5 Å². The number of rotatable bonds is 4. The van der Waals surface area contributed by atoms with Gasteiger partial charge in [0.15, 0.2) is 0 Å². The first-order chi connectivity index (χ1) is 10.1. The van der Waals surface area contributed by atoms with Crippen molar-refractivity contribution in [2.45, 2.75) is 32.6 Å². The van der Waals surface area contributed by atoms with E-state index in [1.54, 1.807) is 19.0 Å². The highest BCUT2D eigenvalue weighted by molar-refractivity contribution is 5.81. The van der Waals surface area contributed by atoms with E-state index in [1.807, 2.05) is 17.9 Å². The van der Waals surface area contributed by atoms with E-state index < -0.39 is 0 Å². The largest absolute Gasteiger partial charge is 0.347 e. The molecule has 0 saturated carbocycles. The molecule has 0 spiro atoms. The number of carbonyl (C=O) groups is 1. The third-order valence-electron chi connectivity index (χ3n) is 3.91. The zero-order valence-electron chi connectivity index (χ0n) is 13.0. The van der Waals surface area contributed by atoms with Gasteiger partial charge in [0.2, 0.25) is 5.91 Å². The zero-order chi connectivity index (χ0) is 15.4. The summed E-state index contributed by atoms with van der Waals surface area (Å²) in [4.78, 5) is 20.1. The smallest absolute Gasteiger partial charge is 0.241 e. The van der Waals surface area contributed by atoms with Crippen LogP contribution >= 0.6 is 0 Å². The van der Waals surface area contributed by atoms with E-state index >= 15 is 0 Å². The predicted molar refractivity (Wildman–Crippen MR) is 82.2 cm³/mol. The van der Waals surface area contributed by atoms with Gasteiger partial charge in [-0.05, 0) is 44.2 Å². The van der Waals surface area contributed by atoms with E-state index in [1.165, 1.54) is 5.56 Å². The number of nitrogens with zero attached hydrogens (tertiary/aromatic N) is 4. The first-order valence-electron chi connectivity index (χ1n) is 7.44. The van der Waals surface area contributed by atoms with Gasteiger partial charge in [0.1, 0.15) is 11.9 Å². The molecule has 0 aliphatic heterocycles. The minimum atomic E-state index is 0.0141. The molecule has 0 fully saturated rings. The molecule has 1 aliphatic carbocycles. The standard InChI is InChI=1S/C16H22N4O/c1-4-20(11-15(21)19(2)3)16-13(10-17)9-12-7-5-6-8-14(12)18-16/h9H,4-8,11H2,1-3H3. The Morgan fingerprint density at radius 1 is 1.38 bits per heavy atom. The van der Waals surface area contributed by atoms with Gasteiger partial charge in [-0.1, -0.05) is 0 Å². The molecular formula is C16H22N4O. The molecule has 0 bridgehead atoms. The summed E-state index contributed by atoms with van der Waals surface area (Å²) in [5, 5.41) is 9.40. The number of aromatic nitrogens is 1. The molecule has 0 atom stereocenters. The number of hydrogen-bond acceptors (Lipinski definition) is 4. The first-order valence-corrected chi connectivity index (χ1v) is 7.44. The van der Waals surface area contributed by atoms with Crippen LogP contribution in [-0.2, 0) is 17.6 Å². The molecule has 0 radical (unpaired) electrons. The number of likely N-dealkylation sites (N-methyl/N-ethyl adjacent to an activating group) is 2. The van der Waals surface area contributed by atoms with Gasteiger partial charge in [0, 0.05) is 26.3 Å². The number of nitriles is 1. The Labute approximate surface area is 126 Å². The second-order valence-corrected chi connectivity index (χ2v) is 5.59. The summed E-state index contributed by atoms with van der Waals surface area (Å²) in [6.45, 7) is 2.88. The van der Waals surface area contributed by atoms with Crippen molar-refractivity contribution in [2.24, 2.45) is 0 Å². The van der Waals surface area contributed by atoms with Crippen molar-refractivity contribution in [3.8, 4) is 6.07 Å². The fraction of sp³-hybridized carbons (Fsp3) is 0.562. The minimum Gasteiger partial charge on any atom is -0.347 e. The lowest BCUT2D eigenvalue weighted by Crippen LogP contribution is -2.37. The summed E-state index contributed by atoms with van der Waals surface area (Å²) in [6.07, 6.45) is 4.27. The van der Waals surface area contributed by atoms with Gasteiger partial charge in [-0.2, -0.15) is 5.26 Å². The molecule has 5 nitrogen and oxygen atoms in total. The topological polar surface area (TPSA) is 60.2 Å². The maximum absolute atomic E-state index is 11.9. The lowest BCUT2D eigenvalue weighted by molar-refractivity contribution is -0.127. The van der Waals surface area contributed by atoms with Crippen molar-refractivity contribution >= 4 is 11.7 Å². The molecule has 0 unspecified atom stereocenters. The van der Waals surface area contributed by atoms with Crippen LogP contribution in [0.15, 0.2) is 6.07 Å². The Morgan fingerprint density at radius 3 is 2.71 bits per heavy atom. The number of carbonyl (C=O) groups excluding carboxylic acids is 1. The van der Waals surface area contributed by atoms with Crippen LogP contribution in [0.1, 0.15) is 36.6 Å². The summed E-state index contributed by atoms with van der Waals surface area (Å²) in [6, 6.07) is 4.19. The normalized spacial score (nSPS) is 13.2. The van der Waals surface area contributed by atoms with Gasteiger partial charge in [0.25, 0.3) is 0 Å². The second-order valence-electron chi connectivity index (χ2n) is 5.59. The summed E-state index contributed by atoms with van der Waals surface area (Å²) >= 11 is 0. The fourth-order valence-electron chi connectivity index (χ4n) is 2.59. The van der Waals surface area contributed by atoms with Crippen LogP contribution < -0.4 is 4.90 Å². The summed E-state index contributed by atoms with van der Waals surface area (Å²) in [5.41, 5.74) is 2.85. The van der Waals surface area contributed by atoms with Crippen molar-refractivity contribution in [1.29, 1.82) is 5.26 Å². The van der Waals surface area contributed by atoms with Gasteiger partial charge in [-0.15, -0.1) is 0 Å². The predicted octanol–water partition coefficient (Wildman–Crippen LogP) is 1.75. The molecule has 1 aromatic heterocycles. The lowest BCUT2D eigenvalue weighted by Gasteiger charge is -2.26. The van der Waals surface area contributed by atoms with Crippen molar-refractivity contribution in [3.05, 3.63) is 22.9 Å². The van der Waals surface area contributed by atoms with E-state index in [2.05, 4.69) is 6.07 Å². The first kappa shape index (κ1) is 15.3. The number of hydrogen-bond donors (Lipinski definition) is 0. The maximum atomic E-state index is 11.9. The molecule has 0 N–H and O–H groups in total. The Balaban J connectivity index is 2.36. The number of pyridine rings is 1.